The molecule has 7 heteroatoms. The van der Waals surface area contributed by atoms with Crippen molar-refractivity contribution in [1.29, 1.82) is 0 Å². The van der Waals surface area contributed by atoms with Gasteiger partial charge in [-0.05, 0) is 19.8 Å². The number of hydrogen-bond donors (Lipinski definition) is 0. The number of aromatic nitrogens is 5. The van der Waals surface area contributed by atoms with E-state index >= 15 is 0 Å². The Hall–Kier alpha value is -2.18. The highest BCUT2D eigenvalue weighted by Crippen LogP contribution is 2.27. The Kier molecular flexibility index (Phi) is 3.72. The fourth-order valence-corrected chi connectivity index (χ4v) is 2.86. The zero-order valence-electron chi connectivity index (χ0n) is 12.1. The molecule has 0 unspecified atom stereocenters. The van der Waals surface area contributed by atoms with Crippen LogP contribution in [0, 0.1) is 0 Å². The van der Waals surface area contributed by atoms with Gasteiger partial charge in [0.25, 0.3) is 5.56 Å². The van der Waals surface area contributed by atoms with Crippen LogP contribution < -0.4 is 11.2 Å². The van der Waals surface area contributed by atoms with E-state index in [0.717, 1.165) is 25.7 Å². The monoisotopic (exact) mass is 289 g/mol. The van der Waals surface area contributed by atoms with Crippen molar-refractivity contribution < 1.29 is 0 Å². The molecular formula is C14H19N5O2. The molecule has 0 spiro atoms. The topological polar surface area (TPSA) is 74.7 Å². The summed E-state index contributed by atoms with van der Waals surface area (Å²) < 4.78 is 2.93. The molecule has 1 aliphatic rings. The van der Waals surface area contributed by atoms with E-state index in [1.54, 1.807) is 21.8 Å². The van der Waals surface area contributed by atoms with Crippen molar-refractivity contribution in [3.8, 4) is 0 Å². The third-order valence-electron chi connectivity index (χ3n) is 4.00. The van der Waals surface area contributed by atoms with E-state index in [-0.39, 0.29) is 23.8 Å². The fraction of sp³-hybridized carbons (Fsp3) is 0.571. The van der Waals surface area contributed by atoms with Crippen molar-refractivity contribution in [1.82, 2.24) is 24.1 Å². The summed E-state index contributed by atoms with van der Waals surface area (Å²) in [5.74, 6) is 0. The minimum absolute atomic E-state index is 0.172. The van der Waals surface area contributed by atoms with Crippen LogP contribution in [-0.4, -0.2) is 24.1 Å². The molecule has 0 bridgehead atoms. The van der Waals surface area contributed by atoms with Crippen molar-refractivity contribution in [3.05, 3.63) is 45.0 Å². The van der Waals surface area contributed by atoms with Crippen LogP contribution in [0.15, 0.2) is 28.0 Å². The first-order chi connectivity index (χ1) is 10.2. The molecule has 1 aliphatic carbocycles. The van der Waals surface area contributed by atoms with Gasteiger partial charge in [0.1, 0.15) is 5.69 Å². The Bertz CT molecular complexity index is 736. The number of rotatable bonds is 4. The molecule has 2 aromatic rings. The summed E-state index contributed by atoms with van der Waals surface area (Å²) in [6.45, 7) is 2.77. The lowest BCUT2D eigenvalue weighted by Gasteiger charge is -2.14. The predicted molar refractivity (Wildman–Crippen MR) is 77.3 cm³/mol. The molecule has 1 fully saturated rings. The van der Waals surface area contributed by atoms with Gasteiger partial charge < -0.3 is 0 Å². The molecule has 0 aliphatic heterocycles. The lowest BCUT2D eigenvalue weighted by atomic mass is 10.2. The molecule has 112 valence electrons. The highest BCUT2D eigenvalue weighted by atomic mass is 16.2. The van der Waals surface area contributed by atoms with Crippen LogP contribution in [0.25, 0.3) is 0 Å². The molecule has 0 N–H and O–H groups in total. The lowest BCUT2D eigenvalue weighted by Crippen LogP contribution is -2.40. The summed E-state index contributed by atoms with van der Waals surface area (Å²) in [4.78, 5) is 26.1. The predicted octanol–water partition coefficient (Wildman–Crippen LogP) is 0.785. The third kappa shape index (κ3) is 2.68. The Morgan fingerprint density at radius 1 is 1.29 bits per heavy atom. The number of nitrogens with zero attached hydrogens (tertiary/aromatic N) is 5. The maximum atomic E-state index is 12.5. The zero-order chi connectivity index (χ0) is 14.8. The summed E-state index contributed by atoms with van der Waals surface area (Å²) in [5.41, 5.74) is 0.0842. The third-order valence-corrected chi connectivity index (χ3v) is 4.00. The number of aryl methyl sites for hydroxylation is 1. The zero-order valence-corrected chi connectivity index (χ0v) is 12.1. The SMILES string of the molecule is CCn1ncc(Cn2c(=O)ccn(C3CCCC3)c2=O)n1. The first-order valence-corrected chi connectivity index (χ1v) is 7.40. The van der Waals surface area contributed by atoms with E-state index < -0.39 is 0 Å². The van der Waals surface area contributed by atoms with Crippen LogP contribution in [0.1, 0.15) is 44.3 Å². The first-order valence-electron chi connectivity index (χ1n) is 7.40. The van der Waals surface area contributed by atoms with Crippen LogP contribution in [0.3, 0.4) is 0 Å². The van der Waals surface area contributed by atoms with Crippen LogP contribution in [0.2, 0.25) is 0 Å². The van der Waals surface area contributed by atoms with Gasteiger partial charge in [0, 0.05) is 18.3 Å². The van der Waals surface area contributed by atoms with Crippen LogP contribution in [0.4, 0.5) is 0 Å². The smallest absolute Gasteiger partial charge is 0.297 e. The van der Waals surface area contributed by atoms with Crippen molar-refractivity contribution in [2.24, 2.45) is 0 Å². The Balaban J connectivity index is 1.95. The van der Waals surface area contributed by atoms with Gasteiger partial charge in [-0.15, -0.1) is 0 Å². The van der Waals surface area contributed by atoms with Gasteiger partial charge >= 0.3 is 5.69 Å². The van der Waals surface area contributed by atoms with Gasteiger partial charge in [-0.25, -0.2) is 4.79 Å². The Morgan fingerprint density at radius 2 is 2.05 bits per heavy atom. The normalized spacial score (nSPS) is 15.7. The quantitative estimate of drug-likeness (QED) is 0.834. The first kappa shape index (κ1) is 13.8. The van der Waals surface area contributed by atoms with E-state index in [2.05, 4.69) is 10.2 Å². The van der Waals surface area contributed by atoms with E-state index in [1.165, 1.54) is 10.6 Å². The van der Waals surface area contributed by atoms with Crippen molar-refractivity contribution in [2.45, 2.75) is 51.7 Å². The standard InChI is InChI=1S/C14H19N5O2/c1-2-19-15-9-11(16-19)10-18-13(20)7-8-17(14(18)21)12-5-3-4-6-12/h7-9,12H,2-6,10H2,1H3. The fourth-order valence-electron chi connectivity index (χ4n) is 2.86. The molecule has 3 rings (SSSR count). The summed E-state index contributed by atoms with van der Waals surface area (Å²) in [7, 11) is 0. The highest BCUT2D eigenvalue weighted by Gasteiger charge is 2.19. The summed E-state index contributed by atoms with van der Waals surface area (Å²) >= 11 is 0. The van der Waals surface area contributed by atoms with Crippen molar-refractivity contribution >= 4 is 0 Å². The van der Waals surface area contributed by atoms with Crippen molar-refractivity contribution in [3.63, 3.8) is 0 Å². The Labute approximate surface area is 121 Å². The summed E-state index contributed by atoms with van der Waals surface area (Å²) in [6, 6.07) is 1.68. The maximum Gasteiger partial charge on any atom is 0.331 e. The largest absolute Gasteiger partial charge is 0.331 e. The van der Waals surface area contributed by atoms with Gasteiger partial charge in [-0.3, -0.25) is 13.9 Å². The summed E-state index contributed by atoms with van der Waals surface area (Å²) in [6.07, 6.45) is 7.51. The van der Waals surface area contributed by atoms with E-state index in [0.29, 0.717) is 12.2 Å². The molecule has 2 heterocycles. The van der Waals surface area contributed by atoms with Gasteiger partial charge in [-0.2, -0.15) is 15.0 Å². The van der Waals surface area contributed by atoms with Crippen LogP contribution in [0.5, 0.6) is 0 Å². The molecule has 7 nitrogen and oxygen atoms in total. The molecule has 21 heavy (non-hydrogen) atoms. The Morgan fingerprint density at radius 3 is 2.71 bits per heavy atom. The number of hydrogen-bond acceptors (Lipinski definition) is 4. The molecule has 2 aromatic heterocycles. The maximum absolute atomic E-state index is 12.5. The molecule has 0 aromatic carbocycles. The highest BCUT2D eigenvalue weighted by molar-refractivity contribution is 4.97. The second kappa shape index (κ2) is 5.67. The molecule has 0 atom stereocenters. The lowest BCUT2D eigenvalue weighted by molar-refractivity contribution is 0.465. The van der Waals surface area contributed by atoms with Crippen molar-refractivity contribution in [2.75, 3.05) is 0 Å². The molecule has 0 amide bonds. The van der Waals surface area contributed by atoms with Crippen LogP contribution in [-0.2, 0) is 13.1 Å². The second-order valence-electron chi connectivity index (χ2n) is 5.39. The van der Waals surface area contributed by atoms with Crippen LogP contribution >= 0.6 is 0 Å². The van der Waals surface area contributed by atoms with Gasteiger partial charge in [0.15, 0.2) is 0 Å². The molecule has 0 radical (unpaired) electrons. The van der Waals surface area contributed by atoms with E-state index in [1.807, 2.05) is 6.92 Å². The van der Waals surface area contributed by atoms with E-state index in [4.69, 9.17) is 0 Å². The molecule has 1 saturated carbocycles. The minimum atomic E-state index is -0.291. The average Bonchev–Trinajstić information content (AvgIpc) is 3.14. The van der Waals surface area contributed by atoms with E-state index in [9.17, 15) is 9.59 Å². The minimum Gasteiger partial charge on any atom is -0.297 e. The average molecular weight is 289 g/mol. The summed E-state index contributed by atoms with van der Waals surface area (Å²) in [5, 5.41) is 8.30. The van der Waals surface area contributed by atoms with Gasteiger partial charge in [0.05, 0.1) is 19.3 Å². The van der Waals surface area contributed by atoms with Gasteiger partial charge in [-0.1, -0.05) is 12.8 Å². The molecular weight excluding hydrogens is 270 g/mol. The molecule has 0 saturated heterocycles. The second-order valence-corrected chi connectivity index (χ2v) is 5.39. The van der Waals surface area contributed by atoms with Gasteiger partial charge in [0.2, 0.25) is 0 Å².